The Morgan fingerprint density at radius 3 is 2.55 bits per heavy atom. The summed E-state index contributed by atoms with van der Waals surface area (Å²) < 4.78 is 13.3. The predicted octanol–water partition coefficient (Wildman–Crippen LogP) is 6.13. The van der Waals surface area contributed by atoms with Crippen molar-refractivity contribution in [3.63, 3.8) is 0 Å². The molecule has 8 heteroatoms. The maximum Gasteiger partial charge on any atom is 0.338 e. The van der Waals surface area contributed by atoms with Crippen LogP contribution >= 0.6 is 11.3 Å². The Morgan fingerprint density at radius 2 is 1.84 bits per heavy atom. The lowest BCUT2D eigenvalue weighted by atomic mass is 9.96. The monoisotopic (exact) mass is 603 g/mol. The minimum Gasteiger partial charge on any atom is -0.490 e. The largest absolute Gasteiger partial charge is 0.490 e. The van der Waals surface area contributed by atoms with Crippen molar-refractivity contribution in [1.82, 2.24) is 9.55 Å². The summed E-state index contributed by atoms with van der Waals surface area (Å²) in [6, 6.07) is 21.1. The fourth-order valence-electron chi connectivity index (χ4n) is 5.79. The van der Waals surface area contributed by atoms with Crippen LogP contribution in [-0.4, -0.2) is 28.7 Å². The normalized spacial score (nSPS) is 14.8. The Balaban J connectivity index is 1.58. The van der Waals surface area contributed by atoms with Gasteiger partial charge in [0.05, 0.1) is 34.1 Å². The molecule has 0 saturated heterocycles. The highest BCUT2D eigenvalue weighted by atomic mass is 32.1. The standard InChI is InChI=1S/C36H33N3O4S/c1-6-17-43-26-15-13-25(14-16-26)33-30(35(41)42-7-2)23(5)37-36-39(33)34(40)29(44-36)20-28-27-19-21(3)18-22(4)31(27)38-32(28)24-11-9-8-10-12-24/h6,8-16,18-20,33,38H,1,7,17H2,2-5H3/b29-20-/t33-/m0/s1. The number of aromatic nitrogens is 2. The van der Waals surface area contributed by atoms with Gasteiger partial charge in [-0.15, -0.1) is 0 Å². The van der Waals surface area contributed by atoms with Gasteiger partial charge in [-0.25, -0.2) is 9.79 Å². The van der Waals surface area contributed by atoms with Crippen molar-refractivity contribution in [2.75, 3.05) is 13.2 Å². The van der Waals surface area contributed by atoms with Crippen LogP contribution in [0.2, 0.25) is 0 Å². The zero-order chi connectivity index (χ0) is 31.0. The first-order valence-corrected chi connectivity index (χ1v) is 15.3. The number of ether oxygens (including phenoxy) is 2. The number of aromatic amines is 1. The number of aryl methyl sites for hydroxylation is 2. The molecule has 0 unspecified atom stereocenters. The summed E-state index contributed by atoms with van der Waals surface area (Å²) in [6.45, 7) is 12.0. The number of esters is 1. The van der Waals surface area contributed by atoms with Crippen LogP contribution in [0.5, 0.6) is 5.75 Å². The van der Waals surface area contributed by atoms with Crippen LogP contribution in [0.4, 0.5) is 0 Å². The smallest absolute Gasteiger partial charge is 0.338 e. The maximum atomic E-state index is 14.3. The Bertz CT molecular complexity index is 2120. The molecule has 1 aliphatic heterocycles. The number of hydrogen-bond acceptors (Lipinski definition) is 6. The number of fused-ring (bicyclic) bond motifs is 2. The first kappa shape index (κ1) is 29.1. The zero-order valence-electron chi connectivity index (χ0n) is 25.1. The average Bonchev–Trinajstić information content (AvgIpc) is 3.53. The summed E-state index contributed by atoms with van der Waals surface area (Å²) >= 11 is 1.32. The molecule has 3 aromatic carbocycles. The van der Waals surface area contributed by atoms with Gasteiger partial charge in [-0.05, 0) is 68.7 Å². The van der Waals surface area contributed by atoms with Crippen molar-refractivity contribution in [2.24, 2.45) is 4.99 Å². The molecule has 1 aliphatic rings. The summed E-state index contributed by atoms with van der Waals surface area (Å²) in [7, 11) is 0. The van der Waals surface area contributed by atoms with Gasteiger partial charge in [0.15, 0.2) is 4.80 Å². The molecule has 3 heterocycles. The maximum absolute atomic E-state index is 14.3. The number of allylic oxidation sites excluding steroid dienone is 1. The fourth-order valence-corrected chi connectivity index (χ4v) is 6.82. The van der Waals surface area contributed by atoms with Gasteiger partial charge in [0, 0.05) is 16.5 Å². The van der Waals surface area contributed by atoms with E-state index in [4.69, 9.17) is 14.5 Å². The molecule has 6 rings (SSSR count). The van der Waals surface area contributed by atoms with E-state index in [2.05, 4.69) is 49.7 Å². The van der Waals surface area contributed by atoms with Gasteiger partial charge in [0.25, 0.3) is 5.56 Å². The van der Waals surface area contributed by atoms with E-state index in [1.165, 1.54) is 11.3 Å². The summed E-state index contributed by atoms with van der Waals surface area (Å²) in [5.74, 6) is 0.173. The van der Waals surface area contributed by atoms with Crippen LogP contribution in [0.15, 0.2) is 100 Å². The summed E-state index contributed by atoms with van der Waals surface area (Å²) in [4.78, 5) is 36.5. The molecule has 222 valence electrons. The third kappa shape index (κ3) is 5.22. The van der Waals surface area contributed by atoms with Crippen LogP contribution in [0, 0.1) is 13.8 Å². The second-order valence-corrected chi connectivity index (χ2v) is 11.8. The summed E-state index contributed by atoms with van der Waals surface area (Å²) in [5, 5.41) is 1.04. The van der Waals surface area contributed by atoms with Gasteiger partial charge in [-0.2, -0.15) is 0 Å². The molecular formula is C36H33N3O4S. The Hall–Kier alpha value is -4.95. The fraction of sp³-hybridized carbons (Fsp3) is 0.194. The van der Waals surface area contributed by atoms with Crippen molar-refractivity contribution in [3.05, 3.63) is 133 Å². The van der Waals surface area contributed by atoms with Gasteiger partial charge >= 0.3 is 5.97 Å². The van der Waals surface area contributed by atoms with Gasteiger partial charge < -0.3 is 14.5 Å². The molecule has 0 aliphatic carbocycles. The van der Waals surface area contributed by atoms with E-state index in [9.17, 15) is 9.59 Å². The van der Waals surface area contributed by atoms with E-state index >= 15 is 0 Å². The summed E-state index contributed by atoms with van der Waals surface area (Å²) in [5.41, 5.74) is 7.60. The minimum atomic E-state index is -0.707. The highest BCUT2D eigenvalue weighted by molar-refractivity contribution is 7.07. The topological polar surface area (TPSA) is 85.7 Å². The van der Waals surface area contributed by atoms with E-state index in [0.717, 1.165) is 44.4 Å². The molecule has 0 fully saturated rings. The number of benzene rings is 3. The van der Waals surface area contributed by atoms with Crippen molar-refractivity contribution in [1.29, 1.82) is 0 Å². The molecule has 7 nitrogen and oxygen atoms in total. The average molecular weight is 604 g/mol. The number of rotatable bonds is 8. The molecule has 0 saturated carbocycles. The van der Waals surface area contributed by atoms with E-state index in [1.54, 1.807) is 24.5 Å². The zero-order valence-corrected chi connectivity index (χ0v) is 26.0. The van der Waals surface area contributed by atoms with Gasteiger partial charge in [0.2, 0.25) is 0 Å². The number of carbonyl (C=O) groups excluding carboxylic acids is 1. The lowest BCUT2D eigenvalue weighted by molar-refractivity contribution is -0.139. The quantitative estimate of drug-likeness (QED) is 0.171. The first-order valence-electron chi connectivity index (χ1n) is 14.5. The van der Waals surface area contributed by atoms with Crippen LogP contribution in [0.3, 0.4) is 0 Å². The molecule has 1 N–H and O–H groups in total. The van der Waals surface area contributed by atoms with E-state index in [-0.39, 0.29) is 12.2 Å². The molecule has 0 amide bonds. The number of nitrogens with one attached hydrogen (secondary N) is 1. The molecule has 0 bridgehead atoms. The highest BCUT2D eigenvalue weighted by Gasteiger charge is 2.33. The van der Waals surface area contributed by atoms with E-state index in [1.807, 2.05) is 48.5 Å². The third-order valence-electron chi connectivity index (χ3n) is 7.71. The molecule has 44 heavy (non-hydrogen) atoms. The van der Waals surface area contributed by atoms with Crippen molar-refractivity contribution < 1.29 is 14.3 Å². The molecule has 2 aromatic heterocycles. The van der Waals surface area contributed by atoms with E-state index < -0.39 is 12.0 Å². The predicted molar refractivity (Wildman–Crippen MR) is 176 cm³/mol. The molecular weight excluding hydrogens is 570 g/mol. The Kier molecular flexibility index (Phi) is 7.93. The second-order valence-electron chi connectivity index (χ2n) is 10.8. The van der Waals surface area contributed by atoms with E-state index in [0.29, 0.717) is 33.0 Å². The van der Waals surface area contributed by atoms with Crippen molar-refractivity contribution in [3.8, 4) is 17.0 Å². The lowest BCUT2D eigenvalue weighted by Crippen LogP contribution is -2.39. The van der Waals surface area contributed by atoms with Crippen LogP contribution in [0.1, 0.15) is 42.1 Å². The number of thiazole rings is 1. The Labute approximate surface area is 259 Å². The number of hydrogen-bond donors (Lipinski definition) is 1. The second kappa shape index (κ2) is 12.0. The lowest BCUT2D eigenvalue weighted by Gasteiger charge is -2.24. The van der Waals surface area contributed by atoms with Crippen LogP contribution < -0.4 is 19.6 Å². The highest BCUT2D eigenvalue weighted by Crippen LogP contribution is 2.34. The summed E-state index contributed by atoms with van der Waals surface area (Å²) in [6.07, 6.45) is 3.63. The first-order chi connectivity index (χ1) is 21.3. The van der Waals surface area contributed by atoms with Gasteiger partial charge in [0.1, 0.15) is 12.4 Å². The molecule has 1 atom stereocenters. The molecule has 0 spiro atoms. The van der Waals surface area contributed by atoms with Crippen molar-refractivity contribution in [2.45, 2.75) is 33.7 Å². The third-order valence-corrected chi connectivity index (χ3v) is 8.69. The number of nitrogens with zero attached hydrogens (tertiary/aromatic N) is 2. The minimum absolute atomic E-state index is 0.211. The van der Waals surface area contributed by atoms with Crippen LogP contribution in [-0.2, 0) is 9.53 Å². The van der Waals surface area contributed by atoms with Gasteiger partial charge in [-0.1, -0.05) is 78.1 Å². The number of carbonyl (C=O) groups is 1. The molecule has 0 radical (unpaired) electrons. The SMILES string of the molecule is C=CCOc1ccc([C@H]2C(C(=O)OCC)=C(C)N=c3s/c(=C\c4c(-c5ccccc5)[nH]c5c(C)cc(C)cc45)c(=O)n32)cc1. The van der Waals surface area contributed by atoms with Crippen molar-refractivity contribution >= 4 is 34.3 Å². The molecule has 5 aromatic rings. The van der Waals surface area contributed by atoms with Gasteiger partial charge in [-0.3, -0.25) is 9.36 Å². The Morgan fingerprint density at radius 1 is 1.09 bits per heavy atom. The van der Waals surface area contributed by atoms with Crippen LogP contribution in [0.25, 0.3) is 28.2 Å². The number of H-pyrrole nitrogens is 1.